The first kappa shape index (κ1) is 16.4. The second-order valence-corrected chi connectivity index (χ2v) is 5.70. The molecular weight excluding hydrogens is 285 g/mol. The fourth-order valence-electron chi connectivity index (χ4n) is 2.50. The molecular formula is C16H22FN3O2. The van der Waals surface area contributed by atoms with Crippen LogP contribution in [0, 0.1) is 11.7 Å². The van der Waals surface area contributed by atoms with E-state index in [1.807, 2.05) is 13.8 Å². The maximum absolute atomic E-state index is 13.8. The minimum Gasteiger partial charge on any atom is -0.343 e. The highest BCUT2D eigenvalue weighted by molar-refractivity contribution is 6.01. The molecule has 1 fully saturated rings. The van der Waals surface area contributed by atoms with Crippen LogP contribution in [0.4, 0.5) is 10.1 Å². The minimum atomic E-state index is -0.639. The van der Waals surface area contributed by atoms with Gasteiger partial charge in [0.05, 0.1) is 11.7 Å². The van der Waals surface area contributed by atoms with E-state index in [0.717, 1.165) is 6.42 Å². The van der Waals surface area contributed by atoms with Crippen molar-refractivity contribution in [2.75, 3.05) is 11.4 Å². The Bertz CT molecular complexity index is 564. The van der Waals surface area contributed by atoms with E-state index in [4.69, 9.17) is 5.73 Å². The molecule has 3 N–H and O–H groups in total. The van der Waals surface area contributed by atoms with Crippen LogP contribution in [-0.2, 0) is 9.59 Å². The van der Waals surface area contributed by atoms with Crippen molar-refractivity contribution in [3.63, 3.8) is 0 Å². The lowest BCUT2D eigenvalue weighted by Gasteiger charge is -2.21. The number of carbonyl (C=O) groups is 2. The van der Waals surface area contributed by atoms with Gasteiger partial charge in [-0.05, 0) is 24.5 Å². The largest absolute Gasteiger partial charge is 0.343 e. The van der Waals surface area contributed by atoms with Crippen molar-refractivity contribution in [1.29, 1.82) is 0 Å². The number of rotatable bonds is 5. The van der Waals surface area contributed by atoms with Crippen LogP contribution in [0.2, 0.25) is 0 Å². The lowest BCUT2D eigenvalue weighted by Crippen LogP contribution is -2.50. The number of halogens is 1. The van der Waals surface area contributed by atoms with Crippen molar-refractivity contribution in [2.24, 2.45) is 11.7 Å². The Hall–Kier alpha value is -1.95. The third-order valence-electron chi connectivity index (χ3n) is 4.22. The topological polar surface area (TPSA) is 75.4 Å². The van der Waals surface area contributed by atoms with E-state index < -0.39 is 17.9 Å². The number of amides is 2. The number of anilines is 1. The summed E-state index contributed by atoms with van der Waals surface area (Å²) < 4.78 is 13.8. The molecule has 0 radical (unpaired) electrons. The van der Waals surface area contributed by atoms with E-state index in [9.17, 15) is 14.0 Å². The van der Waals surface area contributed by atoms with E-state index in [2.05, 4.69) is 5.32 Å². The molecule has 22 heavy (non-hydrogen) atoms. The zero-order valence-corrected chi connectivity index (χ0v) is 12.9. The zero-order valence-electron chi connectivity index (χ0n) is 12.9. The summed E-state index contributed by atoms with van der Waals surface area (Å²) in [4.78, 5) is 25.8. The van der Waals surface area contributed by atoms with E-state index in [0.29, 0.717) is 13.0 Å². The molecule has 5 nitrogen and oxygen atoms in total. The monoisotopic (exact) mass is 307 g/mol. The van der Waals surface area contributed by atoms with Crippen molar-refractivity contribution in [1.82, 2.24) is 5.32 Å². The predicted octanol–water partition coefficient (Wildman–Crippen LogP) is 1.42. The summed E-state index contributed by atoms with van der Waals surface area (Å²) in [5, 5.41) is 2.69. The van der Waals surface area contributed by atoms with Crippen LogP contribution >= 0.6 is 0 Å². The summed E-state index contributed by atoms with van der Waals surface area (Å²) >= 11 is 0. The van der Waals surface area contributed by atoms with Gasteiger partial charge < -0.3 is 16.0 Å². The van der Waals surface area contributed by atoms with Crippen LogP contribution in [0.25, 0.3) is 0 Å². The second kappa shape index (κ2) is 6.87. The average Bonchev–Trinajstić information content (AvgIpc) is 2.87. The third-order valence-corrected chi connectivity index (χ3v) is 4.22. The first-order chi connectivity index (χ1) is 10.5. The number of benzene rings is 1. The van der Waals surface area contributed by atoms with Gasteiger partial charge in [-0.25, -0.2) is 4.39 Å². The molecule has 120 valence electrons. The Morgan fingerprint density at radius 3 is 2.82 bits per heavy atom. The Morgan fingerprint density at radius 2 is 2.18 bits per heavy atom. The molecule has 1 aliphatic rings. The molecule has 0 bridgehead atoms. The fraction of sp³-hybridized carbons (Fsp3) is 0.500. The summed E-state index contributed by atoms with van der Waals surface area (Å²) in [5.74, 6) is -1.03. The summed E-state index contributed by atoms with van der Waals surface area (Å²) in [6, 6.07) is 4.85. The van der Waals surface area contributed by atoms with Crippen molar-refractivity contribution in [3.05, 3.63) is 30.1 Å². The molecule has 2 amide bonds. The number of hydrogen-bond donors (Lipinski definition) is 2. The molecule has 0 spiro atoms. The number of nitrogens with one attached hydrogen (secondary N) is 1. The summed E-state index contributed by atoms with van der Waals surface area (Å²) in [6.45, 7) is 4.23. The van der Waals surface area contributed by atoms with Crippen LogP contribution < -0.4 is 16.0 Å². The van der Waals surface area contributed by atoms with Gasteiger partial charge in [0.1, 0.15) is 11.9 Å². The van der Waals surface area contributed by atoms with Crippen LogP contribution in [0.3, 0.4) is 0 Å². The molecule has 3 atom stereocenters. The van der Waals surface area contributed by atoms with E-state index in [1.54, 1.807) is 18.2 Å². The molecule has 1 saturated heterocycles. The first-order valence-electron chi connectivity index (χ1n) is 7.57. The minimum absolute atomic E-state index is 0.0409. The van der Waals surface area contributed by atoms with Crippen LogP contribution in [0.5, 0.6) is 0 Å². The van der Waals surface area contributed by atoms with Gasteiger partial charge in [0.15, 0.2) is 0 Å². The molecule has 3 unspecified atom stereocenters. The molecule has 1 aromatic carbocycles. The van der Waals surface area contributed by atoms with Gasteiger partial charge in [0, 0.05) is 6.54 Å². The molecule has 2 rings (SSSR count). The maximum atomic E-state index is 13.8. The van der Waals surface area contributed by atoms with E-state index >= 15 is 0 Å². The summed E-state index contributed by atoms with van der Waals surface area (Å²) in [5.41, 5.74) is 6.11. The van der Waals surface area contributed by atoms with Gasteiger partial charge in [0.25, 0.3) is 0 Å². The standard InChI is InChI=1S/C16H22FN3O2/c1-3-10(2)14(18)15(21)19-12-8-9-20(16(12)22)13-7-5-4-6-11(13)17/h4-7,10,12,14H,3,8-9,18H2,1-2H3,(H,19,21). The van der Waals surface area contributed by atoms with E-state index in [-0.39, 0.29) is 23.4 Å². The Balaban J connectivity index is 2.03. The normalized spacial score (nSPS) is 20.8. The predicted molar refractivity (Wildman–Crippen MR) is 82.7 cm³/mol. The first-order valence-corrected chi connectivity index (χ1v) is 7.57. The van der Waals surface area contributed by atoms with Gasteiger partial charge in [-0.3, -0.25) is 9.59 Å². The summed E-state index contributed by atoms with van der Waals surface area (Å²) in [7, 11) is 0. The zero-order chi connectivity index (χ0) is 16.3. The van der Waals surface area contributed by atoms with Crippen LogP contribution in [0.15, 0.2) is 24.3 Å². The van der Waals surface area contributed by atoms with Crippen molar-refractivity contribution < 1.29 is 14.0 Å². The Labute approximate surface area is 129 Å². The highest BCUT2D eigenvalue weighted by Crippen LogP contribution is 2.24. The van der Waals surface area contributed by atoms with Crippen LogP contribution in [0.1, 0.15) is 26.7 Å². The number of para-hydroxylation sites is 1. The van der Waals surface area contributed by atoms with Crippen molar-refractivity contribution in [3.8, 4) is 0 Å². The highest BCUT2D eigenvalue weighted by Gasteiger charge is 2.35. The highest BCUT2D eigenvalue weighted by atomic mass is 19.1. The van der Waals surface area contributed by atoms with Crippen LogP contribution in [-0.4, -0.2) is 30.4 Å². The smallest absolute Gasteiger partial charge is 0.249 e. The average molecular weight is 307 g/mol. The molecule has 1 heterocycles. The number of nitrogens with two attached hydrogens (primary N) is 1. The van der Waals surface area contributed by atoms with E-state index in [1.165, 1.54) is 11.0 Å². The number of carbonyl (C=O) groups excluding carboxylic acids is 2. The quantitative estimate of drug-likeness (QED) is 0.864. The van der Waals surface area contributed by atoms with Gasteiger partial charge in [-0.1, -0.05) is 32.4 Å². The summed E-state index contributed by atoms with van der Waals surface area (Å²) in [6.07, 6.45) is 1.24. The van der Waals surface area contributed by atoms with Crippen molar-refractivity contribution in [2.45, 2.75) is 38.8 Å². The number of hydrogen-bond acceptors (Lipinski definition) is 3. The second-order valence-electron chi connectivity index (χ2n) is 5.70. The SMILES string of the molecule is CCC(C)C(N)C(=O)NC1CCN(c2ccccc2F)C1=O. The van der Waals surface area contributed by atoms with Gasteiger partial charge in [-0.15, -0.1) is 0 Å². The lowest BCUT2D eigenvalue weighted by molar-refractivity contribution is -0.128. The molecule has 1 aromatic rings. The molecule has 6 heteroatoms. The fourth-order valence-corrected chi connectivity index (χ4v) is 2.50. The molecule has 0 aromatic heterocycles. The Morgan fingerprint density at radius 1 is 1.50 bits per heavy atom. The Kier molecular flexibility index (Phi) is 5.13. The lowest BCUT2D eigenvalue weighted by atomic mass is 9.99. The molecule has 1 aliphatic heterocycles. The van der Waals surface area contributed by atoms with Gasteiger partial charge in [0.2, 0.25) is 11.8 Å². The van der Waals surface area contributed by atoms with Crippen molar-refractivity contribution >= 4 is 17.5 Å². The maximum Gasteiger partial charge on any atom is 0.249 e. The number of nitrogens with zero attached hydrogens (tertiary/aromatic N) is 1. The molecule has 0 aliphatic carbocycles. The van der Waals surface area contributed by atoms with Gasteiger partial charge >= 0.3 is 0 Å². The molecule has 0 saturated carbocycles. The third kappa shape index (κ3) is 3.27. The van der Waals surface area contributed by atoms with Gasteiger partial charge in [-0.2, -0.15) is 0 Å².